The van der Waals surface area contributed by atoms with Crippen LogP contribution in [0.5, 0.6) is 0 Å². The first kappa shape index (κ1) is 20.1. The van der Waals surface area contributed by atoms with Crippen molar-refractivity contribution in [2.24, 2.45) is 23.7 Å². The molecule has 1 saturated carbocycles. The summed E-state index contributed by atoms with van der Waals surface area (Å²) < 4.78 is 14.0. The zero-order chi connectivity index (χ0) is 19.2. The van der Waals surface area contributed by atoms with Gasteiger partial charge < -0.3 is 5.11 Å². The molecule has 4 atom stereocenters. The Kier molecular flexibility index (Phi) is 7.12. The van der Waals surface area contributed by atoms with Gasteiger partial charge in [0, 0.05) is 11.4 Å². The van der Waals surface area contributed by atoms with Gasteiger partial charge in [0.15, 0.2) is 0 Å². The van der Waals surface area contributed by atoms with Crippen molar-refractivity contribution >= 4 is 17.6 Å². The number of carbonyl (C=O) groups is 1. The molecule has 4 rings (SSSR count). The maximum absolute atomic E-state index is 14.0. The average Bonchev–Trinajstić information content (AvgIpc) is 2.64. The zero-order valence-corrected chi connectivity index (χ0v) is 16.4. The van der Waals surface area contributed by atoms with Crippen molar-refractivity contribution in [3.63, 3.8) is 0 Å². The molecule has 0 saturated heterocycles. The first-order valence-corrected chi connectivity index (χ1v) is 10.4. The number of hydrogen-bond acceptors (Lipinski definition) is 1. The molecule has 0 aliphatic heterocycles. The van der Waals surface area contributed by atoms with E-state index < -0.39 is 5.97 Å². The molecule has 2 bridgehead atoms. The van der Waals surface area contributed by atoms with Crippen LogP contribution >= 0.6 is 11.6 Å². The summed E-state index contributed by atoms with van der Waals surface area (Å²) >= 11 is 5.84. The van der Waals surface area contributed by atoms with E-state index in [1.807, 2.05) is 0 Å². The lowest BCUT2D eigenvalue weighted by Gasteiger charge is -2.44. The second-order valence-corrected chi connectivity index (χ2v) is 8.31. The highest BCUT2D eigenvalue weighted by Gasteiger charge is 2.38. The number of halogens is 2. The van der Waals surface area contributed by atoms with E-state index in [2.05, 4.69) is 24.3 Å². The SMILES string of the molecule is O=C(O)CCC/C=C\[C@@H]1[C@@H](CCCc2ccc(Cl)cc2F)[C@@H]2C=C[C@H]1CC2. The van der Waals surface area contributed by atoms with E-state index in [0.29, 0.717) is 35.1 Å². The molecule has 0 amide bonds. The minimum absolute atomic E-state index is 0.206. The molecule has 0 aromatic heterocycles. The van der Waals surface area contributed by atoms with Crippen LogP contribution in [0.4, 0.5) is 4.39 Å². The second kappa shape index (κ2) is 9.54. The number of fused-ring (bicyclic) bond motifs is 2. The van der Waals surface area contributed by atoms with Crippen LogP contribution in [0.1, 0.15) is 50.5 Å². The van der Waals surface area contributed by atoms with Crippen molar-refractivity contribution in [1.29, 1.82) is 0 Å². The summed E-state index contributed by atoms with van der Waals surface area (Å²) in [5.41, 5.74) is 0.747. The van der Waals surface area contributed by atoms with Crippen LogP contribution in [0, 0.1) is 29.5 Å². The number of unbranched alkanes of at least 4 members (excludes halogenated alkanes) is 1. The molecule has 146 valence electrons. The topological polar surface area (TPSA) is 37.3 Å². The lowest BCUT2D eigenvalue weighted by molar-refractivity contribution is -0.137. The van der Waals surface area contributed by atoms with Crippen LogP contribution in [0.15, 0.2) is 42.5 Å². The number of aryl methyl sites for hydroxylation is 1. The van der Waals surface area contributed by atoms with Crippen molar-refractivity contribution in [3.05, 3.63) is 58.9 Å². The van der Waals surface area contributed by atoms with Crippen molar-refractivity contribution < 1.29 is 14.3 Å². The summed E-state index contributed by atoms with van der Waals surface area (Å²) in [4.78, 5) is 10.6. The molecule has 3 aliphatic rings. The third-order valence-electron chi connectivity index (χ3n) is 6.10. The second-order valence-electron chi connectivity index (χ2n) is 7.87. The van der Waals surface area contributed by atoms with E-state index in [4.69, 9.17) is 16.7 Å². The van der Waals surface area contributed by atoms with E-state index in [1.54, 1.807) is 12.1 Å². The van der Waals surface area contributed by atoms with Gasteiger partial charge in [-0.25, -0.2) is 4.39 Å². The number of carboxylic acids is 1. The summed E-state index contributed by atoms with van der Waals surface area (Å²) in [6.45, 7) is 0. The summed E-state index contributed by atoms with van der Waals surface area (Å²) in [6, 6.07) is 4.95. The Morgan fingerprint density at radius 1 is 1.22 bits per heavy atom. The molecule has 27 heavy (non-hydrogen) atoms. The van der Waals surface area contributed by atoms with Gasteiger partial charge in [0.05, 0.1) is 0 Å². The molecule has 0 unspecified atom stereocenters. The van der Waals surface area contributed by atoms with Crippen molar-refractivity contribution in [3.8, 4) is 0 Å². The third-order valence-corrected chi connectivity index (χ3v) is 6.33. The third kappa shape index (κ3) is 5.44. The Balaban J connectivity index is 1.55. The van der Waals surface area contributed by atoms with Crippen LogP contribution in [-0.2, 0) is 11.2 Å². The molecule has 4 heteroatoms. The molecule has 0 radical (unpaired) electrons. The summed E-state index contributed by atoms with van der Waals surface area (Å²) in [5, 5.41) is 9.19. The van der Waals surface area contributed by atoms with Crippen LogP contribution in [0.25, 0.3) is 0 Å². The van der Waals surface area contributed by atoms with Crippen LogP contribution < -0.4 is 0 Å². The van der Waals surface area contributed by atoms with Gasteiger partial charge in [-0.2, -0.15) is 0 Å². The molecule has 1 N–H and O–H groups in total. The average molecular weight is 391 g/mol. The van der Waals surface area contributed by atoms with Gasteiger partial charge in [-0.3, -0.25) is 4.79 Å². The number of aliphatic carboxylic acids is 1. The zero-order valence-electron chi connectivity index (χ0n) is 15.6. The minimum atomic E-state index is -0.727. The van der Waals surface area contributed by atoms with E-state index in [1.165, 1.54) is 18.9 Å². The first-order chi connectivity index (χ1) is 13.0. The molecule has 0 spiro atoms. The van der Waals surface area contributed by atoms with Gasteiger partial charge in [0.2, 0.25) is 0 Å². The predicted octanol–water partition coefficient (Wildman–Crippen LogP) is 6.44. The van der Waals surface area contributed by atoms with Gasteiger partial charge in [-0.1, -0.05) is 42.0 Å². The maximum atomic E-state index is 14.0. The maximum Gasteiger partial charge on any atom is 0.303 e. The highest BCUT2D eigenvalue weighted by atomic mass is 35.5. The van der Waals surface area contributed by atoms with Gasteiger partial charge in [0.1, 0.15) is 5.82 Å². The van der Waals surface area contributed by atoms with Crippen molar-refractivity contribution in [1.82, 2.24) is 0 Å². The number of rotatable bonds is 9. The van der Waals surface area contributed by atoms with E-state index in [9.17, 15) is 9.18 Å². The fourth-order valence-corrected chi connectivity index (χ4v) is 4.87. The van der Waals surface area contributed by atoms with Crippen LogP contribution in [0.2, 0.25) is 5.02 Å². The van der Waals surface area contributed by atoms with Gasteiger partial charge in [-0.05, 0) is 86.3 Å². The quantitative estimate of drug-likeness (QED) is 0.389. The van der Waals surface area contributed by atoms with Crippen LogP contribution in [-0.4, -0.2) is 11.1 Å². The summed E-state index contributed by atoms with van der Waals surface area (Å²) in [5.74, 6) is 1.44. The van der Waals surface area contributed by atoms with Gasteiger partial charge in [0.25, 0.3) is 0 Å². The monoisotopic (exact) mass is 390 g/mol. The molecule has 2 nitrogen and oxygen atoms in total. The molecule has 0 heterocycles. The summed E-state index contributed by atoms with van der Waals surface area (Å²) in [7, 11) is 0. The Labute approximate surface area is 166 Å². The van der Waals surface area contributed by atoms with E-state index in [0.717, 1.165) is 31.2 Å². The molecule has 3 aliphatic carbocycles. The molecular formula is C23H28ClFO2. The van der Waals surface area contributed by atoms with Crippen molar-refractivity contribution in [2.45, 2.75) is 51.4 Å². The lowest BCUT2D eigenvalue weighted by Crippen LogP contribution is -2.35. The summed E-state index contributed by atoms with van der Waals surface area (Å²) in [6.07, 6.45) is 16.3. The molecular weight excluding hydrogens is 363 g/mol. The number of hydrogen-bond donors (Lipinski definition) is 1. The Hall–Kier alpha value is -1.61. The largest absolute Gasteiger partial charge is 0.481 e. The van der Waals surface area contributed by atoms with Gasteiger partial charge in [-0.15, -0.1) is 0 Å². The predicted molar refractivity (Wildman–Crippen MR) is 107 cm³/mol. The smallest absolute Gasteiger partial charge is 0.303 e. The minimum Gasteiger partial charge on any atom is -0.481 e. The number of benzene rings is 1. The van der Waals surface area contributed by atoms with E-state index in [-0.39, 0.29) is 12.2 Å². The fourth-order valence-electron chi connectivity index (χ4n) is 4.71. The Morgan fingerprint density at radius 2 is 2.00 bits per heavy atom. The Bertz CT molecular complexity index is 712. The first-order valence-electron chi connectivity index (χ1n) is 10.1. The molecule has 1 fully saturated rings. The number of allylic oxidation sites excluding steroid dienone is 4. The molecule has 1 aromatic rings. The number of carboxylic acid groups (broad SMARTS) is 1. The highest BCUT2D eigenvalue weighted by Crippen LogP contribution is 2.47. The Morgan fingerprint density at radius 3 is 2.70 bits per heavy atom. The highest BCUT2D eigenvalue weighted by molar-refractivity contribution is 6.30. The molecule has 1 aromatic carbocycles. The van der Waals surface area contributed by atoms with E-state index >= 15 is 0 Å². The van der Waals surface area contributed by atoms with Gasteiger partial charge >= 0.3 is 5.97 Å². The normalized spacial score (nSPS) is 26.7. The fraction of sp³-hybridized carbons (Fsp3) is 0.522. The standard InChI is InChI=1S/C23H28ClFO2/c24-19-14-13-18(22(25)15-19)5-4-7-21-17-11-9-16(10-12-17)20(21)6-2-1-3-8-23(26)27/h2,6,9,11,13-17,20-21H,1,3-5,7-8,10,12H2,(H,26,27)/b6-2-/t16-,17+,20-,21-/m0/s1. The lowest BCUT2D eigenvalue weighted by atomic mass is 9.61. The van der Waals surface area contributed by atoms with Crippen LogP contribution in [0.3, 0.4) is 0 Å². The van der Waals surface area contributed by atoms with Crippen molar-refractivity contribution in [2.75, 3.05) is 0 Å².